The van der Waals surface area contributed by atoms with Crippen molar-refractivity contribution in [3.8, 4) is 0 Å². The minimum Gasteiger partial charge on any atom is -0.424 e. The molecule has 0 unspecified atom stereocenters. The molecule has 2 heterocycles. The van der Waals surface area contributed by atoms with Gasteiger partial charge in [0.05, 0.1) is 17.0 Å². The molecule has 130 valence electrons. The Morgan fingerprint density at radius 3 is 2.52 bits per heavy atom. The number of carbonyl (C=O) groups excluding carboxylic acids is 1. The molecule has 0 bridgehead atoms. The fraction of sp³-hybridized carbons (Fsp3) is 0.188. The molecule has 3 rings (SSSR count). The van der Waals surface area contributed by atoms with Crippen LogP contribution in [0.1, 0.15) is 27.7 Å². The summed E-state index contributed by atoms with van der Waals surface area (Å²) in [6, 6.07) is 7.93. The number of nitrogens with zero attached hydrogens (tertiary/aromatic N) is 3. The summed E-state index contributed by atoms with van der Waals surface area (Å²) in [5, 5.41) is 10.0. The number of hydrogen-bond donors (Lipinski definition) is 1. The van der Waals surface area contributed by atoms with Crippen molar-refractivity contribution in [3.63, 3.8) is 0 Å². The van der Waals surface area contributed by atoms with Crippen LogP contribution in [0.4, 0.5) is 0 Å². The number of carbonyl (C=O) groups is 1. The minimum atomic E-state index is -3.74. The fourth-order valence-corrected chi connectivity index (χ4v) is 3.36. The SMILES string of the molecule is Cc1ccc(S(=O)(=O)n2ccc(C(=O)NCc3nnc(C)o3)c2)cc1. The predicted octanol–water partition coefficient (Wildman–Crippen LogP) is 1.65. The van der Waals surface area contributed by atoms with Crippen molar-refractivity contribution in [1.82, 2.24) is 19.5 Å². The lowest BCUT2D eigenvalue weighted by Gasteiger charge is -2.06. The van der Waals surface area contributed by atoms with Gasteiger partial charge in [-0.2, -0.15) is 0 Å². The Morgan fingerprint density at radius 1 is 1.16 bits per heavy atom. The van der Waals surface area contributed by atoms with Crippen LogP contribution in [0.25, 0.3) is 0 Å². The first-order valence-electron chi connectivity index (χ1n) is 7.44. The highest BCUT2D eigenvalue weighted by atomic mass is 32.2. The van der Waals surface area contributed by atoms with Crippen LogP contribution in [-0.2, 0) is 16.6 Å². The van der Waals surface area contributed by atoms with Crippen molar-refractivity contribution in [3.05, 3.63) is 65.6 Å². The molecule has 8 nitrogen and oxygen atoms in total. The zero-order valence-electron chi connectivity index (χ0n) is 13.6. The van der Waals surface area contributed by atoms with Crippen molar-refractivity contribution in [1.29, 1.82) is 0 Å². The van der Waals surface area contributed by atoms with Crippen molar-refractivity contribution in [2.75, 3.05) is 0 Å². The molecule has 3 aromatic rings. The van der Waals surface area contributed by atoms with Gasteiger partial charge in [-0.1, -0.05) is 17.7 Å². The zero-order chi connectivity index (χ0) is 18.0. The first-order chi connectivity index (χ1) is 11.9. The maximum atomic E-state index is 12.6. The predicted molar refractivity (Wildman–Crippen MR) is 88.4 cm³/mol. The molecular weight excluding hydrogens is 344 g/mol. The van der Waals surface area contributed by atoms with Crippen molar-refractivity contribution in [2.24, 2.45) is 0 Å². The fourth-order valence-electron chi connectivity index (χ4n) is 2.16. The highest BCUT2D eigenvalue weighted by Crippen LogP contribution is 2.16. The maximum absolute atomic E-state index is 12.6. The minimum absolute atomic E-state index is 0.0650. The van der Waals surface area contributed by atoms with Crippen LogP contribution in [0.2, 0.25) is 0 Å². The van der Waals surface area contributed by atoms with Gasteiger partial charge in [-0.15, -0.1) is 10.2 Å². The van der Waals surface area contributed by atoms with Crippen molar-refractivity contribution >= 4 is 15.9 Å². The van der Waals surface area contributed by atoms with Crippen LogP contribution >= 0.6 is 0 Å². The van der Waals surface area contributed by atoms with E-state index >= 15 is 0 Å². The number of aryl methyl sites for hydroxylation is 2. The third kappa shape index (κ3) is 3.61. The second kappa shape index (κ2) is 6.52. The number of aromatic nitrogens is 3. The number of hydrogen-bond acceptors (Lipinski definition) is 6. The van der Waals surface area contributed by atoms with Gasteiger partial charge in [-0.25, -0.2) is 12.4 Å². The molecule has 0 aliphatic rings. The van der Waals surface area contributed by atoms with Crippen molar-refractivity contribution in [2.45, 2.75) is 25.3 Å². The van der Waals surface area contributed by atoms with Crippen LogP contribution in [0.15, 0.2) is 52.0 Å². The molecule has 0 saturated heterocycles. The van der Waals surface area contributed by atoms with Gasteiger partial charge in [0.2, 0.25) is 11.8 Å². The molecule has 0 atom stereocenters. The first-order valence-corrected chi connectivity index (χ1v) is 8.88. The van der Waals surface area contributed by atoms with E-state index in [2.05, 4.69) is 15.5 Å². The highest BCUT2D eigenvalue weighted by Gasteiger charge is 2.18. The molecule has 2 aromatic heterocycles. The Hall–Kier alpha value is -2.94. The Bertz CT molecular complexity index is 1000. The molecule has 1 N–H and O–H groups in total. The summed E-state index contributed by atoms with van der Waals surface area (Å²) in [5.74, 6) is 0.242. The van der Waals surface area contributed by atoms with Gasteiger partial charge in [-0.05, 0) is 25.1 Å². The molecule has 0 radical (unpaired) electrons. The maximum Gasteiger partial charge on any atom is 0.267 e. The summed E-state index contributed by atoms with van der Waals surface area (Å²) in [4.78, 5) is 12.3. The van der Waals surface area contributed by atoms with E-state index in [-0.39, 0.29) is 22.9 Å². The van der Waals surface area contributed by atoms with Gasteiger partial charge in [0.25, 0.3) is 15.9 Å². The topological polar surface area (TPSA) is 107 Å². The Morgan fingerprint density at radius 2 is 1.88 bits per heavy atom. The summed E-state index contributed by atoms with van der Waals surface area (Å²) in [5.41, 5.74) is 1.18. The van der Waals surface area contributed by atoms with Gasteiger partial charge in [0.1, 0.15) is 0 Å². The van der Waals surface area contributed by atoms with E-state index in [1.54, 1.807) is 19.1 Å². The average molecular weight is 360 g/mol. The largest absolute Gasteiger partial charge is 0.424 e. The molecular formula is C16H16N4O4S. The van der Waals surface area contributed by atoms with E-state index in [9.17, 15) is 13.2 Å². The van der Waals surface area contributed by atoms with Crippen LogP contribution in [0, 0.1) is 13.8 Å². The van der Waals surface area contributed by atoms with Gasteiger partial charge in [-0.3, -0.25) is 4.79 Å². The zero-order valence-corrected chi connectivity index (χ0v) is 14.4. The number of rotatable bonds is 5. The van der Waals surface area contributed by atoms with Crippen LogP contribution in [-0.4, -0.2) is 28.5 Å². The Kier molecular flexibility index (Phi) is 4.41. The summed E-state index contributed by atoms with van der Waals surface area (Å²) < 4.78 is 31.3. The molecule has 0 saturated carbocycles. The monoisotopic (exact) mass is 360 g/mol. The summed E-state index contributed by atoms with van der Waals surface area (Å²) in [6.45, 7) is 3.59. The first kappa shape index (κ1) is 16.9. The van der Waals surface area contributed by atoms with Gasteiger partial charge >= 0.3 is 0 Å². The Labute approximate surface area is 144 Å². The molecule has 0 aliphatic carbocycles. The van der Waals surface area contributed by atoms with E-state index in [1.807, 2.05) is 6.92 Å². The normalized spacial score (nSPS) is 11.4. The summed E-state index contributed by atoms with van der Waals surface area (Å²) >= 11 is 0. The average Bonchev–Trinajstić information content (AvgIpc) is 3.22. The van der Waals surface area contributed by atoms with Crippen LogP contribution in [0.3, 0.4) is 0 Å². The third-order valence-corrected chi connectivity index (χ3v) is 5.14. The smallest absolute Gasteiger partial charge is 0.267 e. The van der Waals surface area contributed by atoms with Crippen molar-refractivity contribution < 1.29 is 17.6 Å². The molecule has 25 heavy (non-hydrogen) atoms. The second-order valence-corrected chi connectivity index (χ2v) is 7.29. The summed E-state index contributed by atoms with van der Waals surface area (Å²) in [6.07, 6.45) is 2.60. The second-order valence-electron chi connectivity index (χ2n) is 5.45. The lowest BCUT2D eigenvalue weighted by atomic mass is 10.2. The highest BCUT2D eigenvalue weighted by molar-refractivity contribution is 7.90. The van der Waals surface area contributed by atoms with Gasteiger partial charge < -0.3 is 9.73 Å². The van der Waals surface area contributed by atoms with Crippen LogP contribution in [0.5, 0.6) is 0 Å². The van der Waals surface area contributed by atoms with E-state index in [0.717, 1.165) is 9.54 Å². The molecule has 1 aromatic carbocycles. The lowest BCUT2D eigenvalue weighted by Crippen LogP contribution is -2.22. The third-order valence-electron chi connectivity index (χ3n) is 3.49. The number of amides is 1. The quantitative estimate of drug-likeness (QED) is 0.741. The Balaban J connectivity index is 1.75. The van der Waals surface area contributed by atoms with Crippen LogP contribution < -0.4 is 5.32 Å². The molecule has 0 aliphatic heterocycles. The van der Waals surface area contributed by atoms with Gasteiger partial charge in [0.15, 0.2) is 0 Å². The standard InChI is InChI=1S/C16H16N4O4S/c1-11-3-5-14(6-4-11)25(22,23)20-8-7-13(10-20)16(21)17-9-15-19-18-12(2)24-15/h3-8,10H,9H2,1-2H3,(H,17,21). The van der Waals surface area contributed by atoms with E-state index in [4.69, 9.17) is 4.42 Å². The van der Waals surface area contributed by atoms with Gasteiger partial charge in [0, 0.05) is 19.3 Å². The lowest BCUT2D eigenvalue weighted by molar-refractivity contribution is 0.0947. The molecule has 0 fully saturated rings. The molecule has 0 spiro atoms. The number of benzene rings is 1. The number of nitrogens with one attached hydrogen (secondary N) is 1. The van der Waals surface area contributed by atoms with E-state index in [1.165, 1.54) is 30.6 Å². The molecule has 9 heteroatoms. The summed E-state index contributed by atoms with van der Waals surface area (Å²) in [7, 11) is -3.74. The van der Waals surface area contributed by atoms with E-state index in [0.29, 0.717) is 5.89 Å². The van der Waals surface area contributed by atoms with E-state index < -0.39 is 15.9 Å². The molecule has 1 amide bonds.